The molecule has 1 aromatic heterocycles. The molecule has 0 unspecified atom stereocenters. The molecular formula is C11H13N3O2. The molecule has 16 heavy (non-hydrogen) atoms. The monoisotopic (exact) mass is 219 g/mol. The summed E-state index contributed by atoms with van der Waals surface area (Å²) < 4.78 is 6.80. The van der Waals surface area contributed by atoms with Crippen molar-refractivity contribution < 1.29 is 9.84 Å². The van der Waals surface area contributed by atoms with Crippen LogP contribution < -0.4 is 4.74 Å². The number of aromatic nitrogens is 3. The molecule has 2 rings (SSSR count). The van der Waals surface area contributed by atoms with Crippen LogP contribution in [-0.2, 0) is 6.61 Å². The smallest absolute Gasteiger partial charge is 0.121 e. The Morgan fingerprint density at radius 1 is 1.44 bits per heavy atom. The number of ether oxygens (including phenoxy) is 1. The van der Waals surface area contributed by atoms with Gasteiger partial charge in [0, 0.05) is 0 Å². The molecule has 0 aliphatic heterocycles. The predicted molar refractivity (Wildman–Crippen MR) is 58.6 cm³/mol. The number of hydrogen-bond acceptors (Lipinski definition) is 4. The maximum absolute atomic E-state index is 8.90. The average molecular weight is 219 g/mol. The van der Waals surface area contributed by atoms with Gasteiger partial charge in [0.2, 0.25) is 0 Å². The Kier molecular flexibility index (Phi) is 2.87. The molecule has 5 nitrogen and oxygen atoms in total. The van der Waals surface area contributed by atoms with Crippen LogP contribution in [0.3, 0.4) is 0 Å². The SMILES string of the molecule is COc1ccc(-n2cc(CO)nn2)cc1C. The van der Waals surface area contributed by atoms with E-state index in [1.54, 1.807) is 18.0 Å². The Morgan fingerprint density at radius 3 is 2.81 bits per heavy atom. The van der Waals surface area contributed by atoms with E-state index in [2.05, 4.69) is 10.3 Å². The van der Waals surface area contributed by atoms with Crippen LogP contribution >= 0.6 is 0 Å². The van der Waals surface area contributed by atoms with E-state index < -0.39 is 0 Å². The predicted octanol–water partition coefficient (Wildman–Crippen LogP) is 1.08. The highest BCUT2D eigenvalue weighted by molar-refractivity contribution is 5.43. The van der Waals surface area contributed by atoms with Gasteiger partial charge < -0.3 is 9.84 Å². The molecule has 0 saturated carbocycles. The highest BCUT2D eigenvalue weighted by atomic mass is 16.5. The average Bonchev–Trinajstić information content (AvgIpc) is 2.77. The number of aliphatic hydroxyl groups excluding tert-OH is 1. The van der Waals surface area contributed by atoms with Gasteiger partial charge >= 0.3 is 0 Å². The van der Waals surface area contributed by atoms with E-state index in [9.17, 15) is 0 Å². The van der Waals surface area contributed by atoms with Gasteiger partial charge in [0.15, 0.2) is 0 Å². The lowest BCUT2D eigenvalue weighted by atomic mass is 10.2. The molecule has 0 amide bonds. The molecule has 0 aliphatic carbocycles. The maximum atomic E-state index is 8.90. The lowest BCUT2D eigenvalue weighted by Gasteiger charge is -2.06. The van der Waals surface area contributed by atoms with Crippen molar-refractivity contribution in [1.29, 1.82) is 0 Å². The van der Waals surface area contributed by atoms with Crippen molar-refractivity contribution in [3.8, 4) is 11.4 Å². The molecule has 1 N–H and O–H groups in total. The van der Waals surface area contributed by atoms with Crippen molar-refractivity contribution in [2.24, 2.45) is 0 Å². The third kappa shape index (κ3) is 1.90. The van der Waals surface area contributed by atoms with E-state index in [0.29, 0.717) is 5.69 Å². The fraction of sp³-hybridized carbons (Fsp3) is 0.273. The Labute approximate surface area is 93.3 Å². The minimum Gasteiger partial charge on any atom is -0.496 e. The number of aliphatic hydroxyl groups is 1. The summed E-state index contributed by atoms with van der Waals surface area (Å²) in [5.41, 5.74) is 2.47. The van der Waals surface area contributed by atoms with Gasteiger partial charge in [-0.2, -0.15) is 0 Å². The summed E-state index contributed by atoms with van der Waals surface area (Å²) in [7, 11) is 1.64. The summed E-state index contributed by atoms with van der Waals surface area (Å²) in [5.74, 6) is 0.839. The summed E-state index contributed by atoms with van der Waals surface area (Å²) in [5, 5.41) is 16.6. The Morgan fingerprint density at radius 2 is 2.25 bits per heavy atom. The fourth-order valence-corrected chi connectivity index (χ4v) is 1.50. The van der Waals surface area contributed by atoms with E-state index in [0.717, 1.165) is 17.0 Å². The van der Waals surface area contributed by atoms with E-state index in [1.165, 1.54) is 0 Å². The molecule has 2 aromatic rings. The van der Waals surface area contributed by atoms with E-state index in [-0.39, 0.29) is 6.61 Å². The molecule has 84 valence electrons. The Balaban J connectivity index is 2.37. The molecule has 0 saturated heterocycles. The summed E-state index contributed by atoms with van der Waals surface area (Å²) in [6, 6.07) is 5.72. The topological polar surface area (TPSA) is 60.2 Å². The lowest BCUT2D eigenvalue weighted by molar-refractivity contribution is 0.276. The zero-order valence-electron chi connectivity index (χ0n) is 9.21. The van der Waals surface area contributed by atoms with Gasteiger partial charge in [-0.15, -0.1) is 5.10 Å². The summed E-state index contributed by atoms with van der Waals surface area (Å²) in [4.78, 5) is 0. The van der Waals surface area contributed by atoms with Crippen LogP contribution in [0.5, 0.6) is 5.75 Å². The quantitative estimate of drug-likeness (QED) is 0.839. The van der Waals surface area contributed by atoms with Crippen molar-refractivity contribution >= 4 is 0 Å². The molecule has 0 aliphatic rings. The first-order valence-corrected chi connectivity index (χ1v) is 4.91. The van der Waals surface area contributed by atoms with Crippen molar-refractivity contribution in [2.75, 3.05) is 7.11 Å². The first-order valence-electron chi connectivity index (χ1n) is 4.91. The van der Waals surface area contributed by atoms with Crippen LogP contribution in [0.15, 0.2) is 24.4 Å². The molecular weight excluding hydrogens is 206 g/mol. The zero-order chi connectivity index (χ0) is 11.5. The highest BCUT2D eigenvalue weighted by Gasteiger charge is 2.04. The fourth-order valence-electron chi connectivity index (χ4n) is 1.50. The van der Waals surface area contributed by atoms with Crippen LogP contribution in [0.25, 0.3) is 5.69 Å². The van der Waals surface area contributed by atoms with Gasteiger partial charge in [0.25, 0.3) is 0 Å². The third-order valence-electron chi connectivity index (χ3n) is 2.35. The van der Waals surface area contributed by atoms with Gasteiger partial charge in [-0.3, -0.25) is 0 Å². The van der Waals surface area contributed by atoms with Crippen LogP contribution in [-0.4, -0.2) is 27.2 Å². The largest absolute Gasteiger partial charge is 0.496 e. The van der Waals surface area contributed by atoms with Gasteiger partial charge in [-0.25, -0.2) is 4.68 Å². The first kappa shape index (κ1) is 10.6. The first-order chi connectivity index (χ1) is 7.74. The van der Waals surface area contributed by atoms with Crippen molar-refractivity contribution in [1.82, 2.24) is 15.0 Å². The Hall–Kier alpha value is -1.88. The van der Waals surface area contributed by atoms with Gasteiger partial charge in [-0.05, 0) is 30.7 Å². The third-order valence-corrected chi connectivity index (χ3v) is 2.35. The van der Waals surface area contributed by atoms with Crippen LogP contribution in [0.1, 0.15) is 11.3 Å². The number of aryl methyl sites for hydroxylation is 1. The van der Waals surface area contributed by atoms with E-state index in [1.807, 2.05) is 25.1 Å². The minimum atomic E-state index is -0.102. The van der Waals surface area contributed by atoms with Gasteiger partial charge in [0.1, 0.15) is 11.4 Å². The molecule has 0 bridgehead atoms. The second-order valence-electron chi connectivity index (χ2n) is 3.47. The molecule has 0 atom stereocenters. The van der Waals surface area contributed by atoms with Crippen LogP contribution in [0.2, 0.25) is 0 Å². The van der Waals surface area contributed by atoms with Crippen molar-refractivity contribution in [3.05, 3.63) is 35.7 Å². The van der Waals surface area contributed by atoms with Gasteiger partial charge in [0.05, 0.1) is 25.6 Å². The number of hydrogen-bond donors (Lipinski definition) is 1. The molecule has 0 radical (unpaired) electrons. The number of benzene rings is 1. The summed E-state index contributed by atoms with van der Waals surface area (Å²) >= 11 is 0. The number of nitrogens with zero attached hydrogens (tertiary/aromatic N) is 3. The highest BCUT2D eigenvalue weighted by Crippen LogP contribution is 2.20. The molecule has 1 aromatic carbocycles. The summed E-state index contributed by atoms with van der Waals surface area (Å²) in [6.07, 6.45) is 1.70. The van der Waals surface area contributed by atoms with Crippen molar-refractivity contribution in [3.63, 3.8) is 0 Å². The van der Waals surface area contributed by atoms with Gasteiger partial charge in [-0.1, -0.05) is 5.21 Å². The normalized spacial score (nSPS) is 10.4. The summed E-state index contributed by atoms with van der Waals surface area (Å²) in [6.45, 7) is 1.86. The van der Waals surface area contributed by atoms with E-state index >= 15 is 0 Å². The molecule has 1 heterocycles. The minimum absolute atomic E-state index is 0.102. The Bertz CT molecular complexity index is 494. The van der Waals surface area contributed by atoms with Crippen molar-refractivity contribution in [2.45, 2.75) is 13.5 Å². The van der Waals surface area contributed by atoms with Crippen LogP contribution in [0, 0.1) is 6.92 Å². The maximum Gasteiger partial charge on any atom is 0.121 e. The number of rotatable bonds is 3. The van der Waals surface area contributed by atoms with E-state index in [4.69, 9.17) is 9.84 Å². The zero-order valence-corrected chi connectivity index (χ0v) is 9.21. The molecule has 0 fully saturated rings. The van der Waals surface area contributed by atoms with Crippen LogP contribution in [0.4, 0.5) is 0 Å². The molecule has 0 spiro atoms. The number of methoxy groups -OCH3 is 1. The lowest BCUT2D eigenvalue weighted by Crippen LogP contribution is -1.96. The second-order valence-corrected chi connectivity index (χ2v) is 3.47. The standard InChI is InChI=1S/C11H13N3O2/c1-8-5-10(3-4-11(8)16-2)14-6-9(7-15)12-13-14/h3-6,15H,7H2,1-2H3. The molecule has 5 heteroatoms. The second kappa shape index (κ2) is 4.32.